The minimum Gasteiger partial charge on any atom is -0.488 e. The van der Waals surface area contributed by atoms with E-state index in [2.05, 4.69) is 21.7 Å². The second-order valence-corrected chi connectivity index (χ2v) is 9.18. The van der Waals surface area contributed by atoms with Crippen molar-refractivity contribution in [3.05, 3.63) is 84.3 Å². The van der Waals surface area contributed by atoms with Crippen molar-refractivity contribution in [1.82, 2.24) is 9.88 Å². The third kappa shape index (κ3) is 6.83. The second kappa shape index (κ2) is 12.4. The Labute approximate surface area is 231 Å². The maximum atomic E-state index is 13.1. The van der Waals surface area contributed by atoms with Gasteiger partial charge in [0.2, 0.25) is 0 Å². The van der Waals surface area contributed by atoms with Crippen LogP contribution < -0.4 is 20.1 Å². The number of amides is 2. The van der Waals surface area contributed by atoms with E-state index < -0.39 is 11.8 Å². The molecular formula is C30H30FN5O4. The standard InChI is InChI=1S/C30H30FN5O4/c1-4-36(5-2)30(3,38)19-39-28-17-26-25(16-20(28)18-32)27(14-15-33-26)40-24-12-10-23(11-13-24)35-29(37)34-22-8-6-21(31)7-9-22/h6-17,38H,4-5,19H2,1-3H3,(H2,34,35,37)/t30-/m1/s1. The summed E-state index contributed by atoms with van der Waals surface area (Å²) in [6.07, 6.45) is 1.59. The average molecular weight is 544 g/mol. The quantitative estimate of drug-likeness (QED) is 0.206. The molecule has 0 aliphatic heterocycles. The molecule has 1 heterocycles. The lowest BCUT2D eigenvalue weighted by Crippen LogP contribution is -2.50. The van der Waals surface area contributed by atoms with Gasteiger partial charge in [0, 0.05) is 29.0 Å². The van der Waals surface area contributed by atoms with E-state index in [1.807, 2.05) is 18.7 Å². The third-order valence-electron chi connectivity index (χ3n) is 6.31. The summed E-state index contributed by atoms with van der Waals surface area (Å²) in [5.41, 5.74) is 0.632. The van der Waals surface area contributed by atoms with Gasteiger partial charge in [-0.2, -0.15) is 5.26 Å². The summed E-state index contributed by atoms with van der Waals surface area (Å²) in [5.74, 6) is 0.923. The van der Waals surface area contributed by atoms with Crippen molar-refractivity contribution in [3.63, 3.8) is 0 Å². The zero-order chi connectivity index (χ0) is 28.7. The molecule has 0 radical (unpaired) electrons. The zero-order valence-corrected chi connectivity index (χ0v) is 22.4. The van der Waals surface area contributed by atoms with Crippen LogP contribution in [0.5, 0.6) is 17.2 Å². The van der Waals surface area contributed by atoms with Crippen molar-refractivity contribution in [1.29, 1.82) is 5.26 Å². The van der Waals surface area contributed by atoms with Crippen LogP contribution in [0.15, 0.2) is 72.9 Å². The number of benzene rings is 3. The van der Waals surface area contributed by atoms with E-state index in [0.717, 1.165) is 0 Å². The van der Waals surface area contributed by atoms with Crippen LogP contribution in [0.1, 0.15) is 26.3 Å². The van der Waals surface area contributed by atoms with Crippen LogP contribution in [-0.4, -0.2) is 46.4 Å². The molecule has 0 saturated heterocycles. The zero-order valence-electron chi connectivity index (χ0n) is 22.4. The molecule has 10 heteroatoms. The average Bonchev–Trinajstić information content (AvgIpc) is 2.94. The predicted molar refractivity (Wildman–Crippen MR) is 151 cm³/mol. The number of carbonyl (C=O) groups is 1. The van der Waals surface area contributed by atoms with E-state index in [-0.39, 0.29) is 18.0 Å². The SMILES string of the molecule is CCN(CC)[C@](C)(O)COc1cc2nccc(Oc3ccc(NC(=O)Nc4ccc(F)cc4)cc3)c2cc1C#N. The summed E-state index contributed by atoms with van der Waals surface area (Å²) in [5, 5.41) is 26.5. The van der Waals surface area contributed by atoms with Crippen LogP contribution in [0.4, 0.5) is 20.6 Å². The molecule has 3 aromatic carbocycles. The smallest absolute Gasteiger partial charge is 0.323 e. The van der Waals surface area contributed by atoms with Gasteiger partial charge in [-0.15, -0.1) is 0 Å². The Kier molecular flexibility index (Phi) is 8.79. The molecule has 0 aliphatic rings. The molecule has 1 aromatic heterocycles. The second-order valence-electron chi connectivity index (χ2n) is 9.18. The Bertz CT molecular complexity index is 1510. The molecule has 0 unspecified atom stereocenters. The highest BCUT2D eigenvalue weighted by atomic mass is 19.1. The number of pyridine rings is 1. The first kappa shape index (κ1) is 28.3. The van der Waals surface area contributed by atoms with Gasteiger partial charge in [0.25, 0.3) is 0 Å². The number of aromatic nitrogens is 1. The number of fused-ring (bicyclic) bond motifs is 1. The first-order valence-electron chi connectivity index (χ1n) is 12.8. The Balaban J connectivity index is 1.47. The number of anilines is 2. The van der Waals surface area contributed by atoms with Gasteiger partial charge in [-0.25, -0.2) is 9.18 Å². The maximum Gasteiger partial charge on any atom is 0.323 e. The van der Waals surface area contributed by atoms with Crippen molar-refractivity contribution >= 4 is 28.3 Å². The van der Waals surface area contributed by atoms with E-state index in [1.54, 1.807) is 55.6 Å². The number of ether oxygens (including phenoxy) is 2. The lowest BCUT2D eigenvalue weighted by molar-refractivity contribution is -0.114. The Morgan fingerprint density at radius 2 is 1.65 bits per heavy atom. The van der Waals surface area contributed by atoms with Crippen LogP contribution in [-0.2, 0) is 0 Å². The lowest BCUT2D eigenvalue weighted by atomic mass is 10.1. The molecule has 0 spiro atoms. The number of nitriles is 1. The van der Waals surface area contributed by atoms with Gasteiger partial charge in [0.15, 0.2) is 0 Å². The summed E-state index contributed by atoms with van der Waals surface area (Å²) in [4.78, 5) is 18.5. The maximum absolute atomic E-state index is 13.1. The van der Waals surface area contributed by atoms with Crippen molar-refractivity contribution in [2.75, 3.05) is 30.3 Å². The minimum atomic E-state index is -1.20. The fraction of sp³-hybridized carbons (Fsp3) is 0.233. The number of likely N-dealkylation sites (N-methyl/N-ethyl adjacent to an activating group) is 1. The van der Waals surface area contributed by atoms with E-state index in [0.29, 0.717) is 52.6 Å². The van der Waals surface area contributed by atoms with Crippen LogP contribution in [0.2, 0.25) is 0 Å². The van der Waals surface area contributed by atoms with Crippen LogP contribution in [0.25, 0.3) is 10.9 Å². The Morgan fingerprint density at radius 3 is 2.25 bits per heavy atom. The molecule has 0 aliphatic carbocycles. The highest BCUT2D eigenvalue weighted by Crippen LogP contribution is 2.34. The molecule has 9 nitrogen and oxygen atoms in total. The lowest BCUT2D eigenvalue weighted by Gasteiger charge is -2.35. The number of halogens is 1. The number of aliphatic hydroxyl groups is 1. The molecule has 3 N–H and O–H groups in total. The van der Waals surface area contributed by atoms with Gasteiger partial charge in [0.05, 0.1) is 11.1 Å². The fourth-order valence-corrected chi connectivity index (χ4v) is 4.21. The minimum absolute atomic E-state index is 0.0205. The highest BCUT2D eigenvalue weighted by Gasteiger charge is 2.28. The van der Waals surface area contributed by atoms with Crippen LogP contribution in [0, 0.1) is 17.1 Å². The fourth-order valence-electron chi connectivity index (χ4n) is 4.21. The summed E-state index contributed by atoms with van der Waals surface area (Å²) < 4.78 is 25.0. The van der Waals surface area contributed by atoms with Crippen molar-refractivity contribution < 1.29 is 23.8 Å². The molecule has 2 amide bonds. The third-order valence-corrected chi connectivity index (χ3v) is 6.31. The first-order chi connectivity index (χ1) is 19.2. The van der Waals surface area contributed by atoms with Gasteiger partial charge in [-0.05, 0) is 80.7 Å². The number of hydrogen-bond acceptors (Lipinski definition) is 7. The number of nitrogens with zero attached hydrogens (tertiary/aromatic N) is 3. The van der Waals surface area contributed by atoms with E-state index in [9.17, 15) is 19.6 Å². The summed E-state index contributed by atoms with van der Waals surface area (Å²) >= 11 is 0. The molecular weight excluding hydrogens is 513 g/mol. The topological polar surface area (TPSA) is 120 Å². The van der Waals surface area contributed by atoms with E-state index >= 15 is 0 Å². The van der Waals surface area contributed by atoms with Gasteiger partial charge in [-0.1, -0.05) is 13.8 Å². The molecule has 0 saturated carbocycles. The molecule has 0 fully saturated rings. The summed E-state index contributed by atoms with van der Waals surface area (Å²) in [6, 6.07) is 18.9. The normalized spacial score (nSPS) is 12.4. The van der Waals surface area contributed by atoms with Crippen molar-refractivity contribution in [2.24, 2.45) is 0 Å². The molecule has 0 bridgehead atoms. The number of urea groups is 1. The van der Waals surface area contributed by atoms with E-state index in [4.69, 9.17) is 9.47 Å². The molecule has 206 valence electrons. The molecule has 40 heavy (non-hydrogen) atoms. The first-order valence-corrected chi connectivity index (χ1v) is 12.8. The van der Waals surface area contributed by atoms with Crippen LogP contribution in [0.3, 0.4) is 0 Å². The van der Waals surface area contributed by atoms with E-state index in [1.165, 1.54) is 24.3 Å². The predicted octanol–water partition coefficient (Wildman–Crippen LogP) is 6.11. The van der Waals surface area contributed by atoms with Crippen LogP contribution >= 0.6 is 0 Å². The molecule has 4 rings (SSSR count). The van der Waals surface area contributed by atoms with Gasteiger partial charge in [0.1, 0.15) is 41.5 Å². The van der Waals surface area contributed by atoms with Crippen molar-refractivity contribution in [3.8, 4) is 23.3 Å². The number of carbonyl (C=O) groups excluding carboxylic acids is 1. The Hall–Kier alpha value is -4.72. The van der Waals surface area contributed by atoms with Gasteiger partial charge < -0.3 is 25.2 Å². The number of rotatable bonds is 10. The van der Waals surface area contributed by atoms with Gasteiger partial charge in [-0.3, -0.25) is 9.88 Å². The number of hydrogen-bond donors (Lipinski definition) is 3. The highest BCUT2D eigenvalue weighted by molar-refractivity contribution is 5.99. The van der Waals surface area contributed by atoms with Crippen molar-refractivity contribution in [2.45, 2.75) is 26.5 Å². The Morgan fingerprint density at radius 1 is 1.02 bits per heavy atom. The molecule has 4 aromatic rings. The molecule has 1 atom stereocenters. The number of nitrogens with one attached hydrogen (secondary N) is 2. The summed E-state index contributed by atoms with van der Waals surface area (Å²) in [6.45, 7) is 6.87. The monoisotopic (exact) mass is 543 g/mol. The summed E-state index contributed by atoms with van der Waals surface area (Å²) in [7, 11) is 0. The largest absolute Gasteiger partial charge is 0.488 e. The van der Waals surface area contributed by atoms with Gasteiger partial charge >= 0.3 is 6.03 Å².